The zero-order valence-corrected chi connectivity index (χ0v) is 26.3. The molecule has 1 amide bonds. The highest BCUT2D eigenvalue weighted by Crippen LogP contribution is 2.34. The van der Waals surface area contributed by atoms with Crippen molar-refractivity contribution in [2.75, 3.05) is 13.7 Å². The van der Waals surface area contributed by atoms with Gasteiger partial charge in [0, 0.05) is 17.2 Å². The third-order valence-electron chi connectivity index (χ3n) is 7.18. The molecule has 44 heavy (non-hydrogen) atoms. The van der Waals surface area contributed by atoms with Crippen molar-refractivity contribution >= 4 is 33.4 Å². The molecule has 0 fully saturated rings. The fourth-order valence-corrected chi connectivity index (χ4v) is 5.96. The molecule has 2 N–H and O–H groups in total. The maximum atomic E-state index is 14.5. The van der Waals surface area contributed by atoms with E-state index < -0.39 is 46.5 Å². The summed E-state index contributed by atoms with van der Waals surface area (Å²) in [6, 6.07) is 3.52. The van der Waals surface area contributed by atoms with Crippen LogP contribution in [0, 0.1) is 18.7 Å². The molecule has 0 aliphatic carbocycles. The summed E-state index contributed by atoms with van der Waals surface area (Å²) in [5.74, 6) is -2.94. The molecule has 0 radical (unpaired) electrons. The number of aliphatic carboxylic acids is 1. The number of aromatic nitrogens is 5. The van der Waals surface area contributed by atoms with Crippen LogP contribution >= 0.6 is 11.3 Å². The van der Waals surface area contributed by atoms with Gasteiger partial charge in [-0.15, -0.1) is 4.80 Å². The lowest BCUT2D eigenvalue weighted by atomic mass is 10.0. The molecule has 0 unspecified atom stereocenters. The number of hydrogen-bond donors (Lipinski definition) is 2. The molecule has 0 saturated heterocycles. The summed E-state index contributed by atoms with van der Waals surface area (Å²) in [4.78, 5) is 54.9. The predicted octanol–water partition coefficient (Wildman–Crippen LogP) is 3.00. The fraction of sp³-hybridized carbons (Fsp3) is 0.448. The Morgan fingerprint density at radius 3 is 2.41 bits per heavy atom. The van der Waals surface area contributed by atoms with Crippen LogP contribution < -0.4 is 21.3 Å². The van der Waals surface area contributed by atoms with E-state index in [9.17, 15) is 28.7 Å². The molecule has 13 nitrogen and oxygen atoms in total. The first-order chi connectivity index (χ1) is 20.7. The van der Waals surface area contributed by atoms with Crippen LogP contribution in [0.4, 0.5) is 4.39 Å². The van der Waals surface area contributed by atoms with Crippen molar-refractivity contribution in [3.8, 4) is 10.8 Å². The van der Waals surface area contributed by atoms with Gasteiger partial charge in [0.15, 0.2) is 0 Å². The molecule has 0 bridgehead atoms. The summed E-state index contributed by atoms with van der Waals surface area (Å²) < 4.78 is 28.2. The summed E-state index contributed by atoms with van der Waals surface area (Å²) in [7, 11) is 1.39. The normalized spacial score (nSPS) is 13.3. The molecule has 0 aliphatic rings. The lowest BCUT2D eigenvalue weighted by Crippen LogP contribution is -2.56. The monoisotopic (exact) mass is 630 g/mol. The summed E-state index contributed by atoms with van der Waals surface area (Å²) in [6.07, 6.45) is 1.84. The Hall–Kier alpha value is -4.37. The van der Waals surface area contributed by atoms with E-state index in [1.165, 1.54) is 67.8 Å². The molecule has 0 aliphatic heterocycles. The molecule has 3 aromatic heterocycles. The number of carbonyl (C=O) groups is 2. The van der Waals surface area contributed by atoms with Crippen molar-refractivity contribution in [1.29, 1.82) is 0 Å². The zero-order valence-electron chi connectivity index (χ0n) is 25.5. The van der Waals surface area contributed by atoms with Crippen LogP contribution in [0.3, 0.4) is 0 Å². The Morgan fingerprint density at radius 2 is 1.82 bits per heavy atom. The van der Waals surface area contributed by atoms with Crippen LogP contribution in [-0.4, -0.2) is 60.9 Å². The van der Waals surface area contributed by atoms with Gasteiger partial charge < -0.3 is 19.9 Å². The van der Waals surface area contributed by atoms with Gasteiger partial charge in [-0.25, -0.2) is 13.8 Å². The number of benzene rings is 1. The Balaban J connectivity index is 2.02. The highest BCUT2D eigenvalue weighted by atomic mass is 32.1. The van der Waals surface area contributed by atoms with Crippen LogP contribution in [0.5, 0.6) is 5.75 Å². The number of fused-ring (bicyclic) bond motifs is 1. The predicted molar refractivity (Wildman–Crippen MR) is 161 cm³/mol. The molecular formula is C29H35FN6O7S. The molecule has 0 spiro atoms. The Bertz CT molecular complexity index is 1810. The molecule has 2 atom stereocenters. The maximum absolute atomic E-state index is 14.5. The smallest absolute Gasteiger partial charge is 0.333 e. The minimum atomic E-state index is -1.63. The fourth-order valence-electron chi connectivity index (χ4n) is 4.74. The first-order valence-corrected chi connectivity index (χ1v) is 14.7. The van der Waals surface area contributed by atoms with E-state index in [0.29, 0.717) is 10.6 Å². The lowest BCUT2D eigenvalue weighted by molar-refractivity contribution is -0.144. The van der Waals surface area contributed by atoms with Crippen LogP contribution in [0.2, 0.25) is 0 Å². The number of thiophene rings is 1. The van der Waals surface area contributed by atoms with Crippen LogP contribution in [-0.2, 0) is 26.4 Å². The third-order valence-corrected chi connectivity index (χ3v) is 8.46. The van der Waals surface area contributed by atoms with Crippen LogP contribution in [0.1, 0.15) is 51.8 Å². The van der Waals surface area contributed by atoms with Crippen molar-refractivity contribution < 1.29 is 28.6 Å². The molecule has 15 heteroatoms. The molecule has 4 aromatic rings. The second kappa shape index (κ2) is 12.7. The Labute approximate surface area is 255 Å². The highest BCUT2D eigenvalue weighted by Gasteiger charge is 2.36. The highest BCUT2D eigenvalue weighted by molar-refractivity contribution is 7.21. The van der Waals surface area contributed by atoms with Crippen LogP contribution in [0.25, 0.3) is 15.2 Å². The maximum Gasteiger partial charge on any atom is 0.333 e. The molecule has 3 heterocycles. The Morgan fingerprint density at radius 1 is 1.16 bits per heavy atom. The molecular weight excluding hydrogens is 595 g/mol. The number of aryl methyl sites for hydroxylation is 1. The summed E-state index contributed by atoms with van der Waals surface area (Å²) in [5, 5.41) is 21.2. The number of carboxylic acid groups (broad SMARTS) is 1. The molecule has 4 rings (SSSR count). The minimum Gasteiger partial charge on any atom is -0.496 e. The van der Waals surface area contributed by atoms with Gasteiger partial charge in [0.2, 0.25) is 5.91 Å². The topological polar surface area (TPSA) is 160 Å². The van der Waals surface area contributed by atoms with Gasteiger partial charge in [-0.3, -0.25) is 19.0 Å². The summed E-state index contributed by atoms with van der Waals surface area (Å²) in [6.45, 7) is 9.06. The summed E-state index contributed by atoms with van der Waals surface area (Å²) in [5.41, 5.74) is -2.42. The largest absolute Gasteiger partial charge is 0.496 e. The Kier molecular flexibility index (Phi) is 9.39. The van der Waals surface area contributed by atoms with Crippen molar-refractivity contribution in [3.05, 3.63) is 68.4 Å². The van der Waals surface area contributed by atoms with E-state index in [1.54, 1.807) is 20.8 Å². The van der Waals surface area contributed by atoms with Crippen molar-refractivity contribution in [3.63, 3.8) is 0 Å². The lowest BCUT2D eigenvalue weighted by Gasteiger charge is -2.28. The van der Waals surface area contributed by atoms with E-state index in [1.807, 2.05) is 0 Å². The van der Waals surface area contributed by atoms with Crippen molar-refractivity contribution in [1.82, 2.24) is 29.4 Å². The average Bonchev–Trinajstić information content (AvgIpc) is 3.60. The first-order valence-electron chi connectivity index (χ1n) is 13.8. The number of carboxylic acids is 1. The van der Waals surface area contributed by atoms with Gasteiger partial charge >= 0.3 is 11.7 Å². The van der Waals surface area contributed by atoms with Crippen molar-refractivity contribution in [2.45, 2.75) is 65.8 Å². The number of nitrogens with one attached hydrogen (secondary N) is 1. The van der Waals surface area contributed by atoms with E-state index in [-0.39, 0.29) is 40.7 Å². The van der Waals surface area contributed by atoms with E-state index in [0.717, 1.165) is 15.9 Å². The average molecular weight is 631 g/mol. The molecule has 1 aromatic carbocycles. The van der Waals surface area contributed by atoms with E-state index in [4.69, 9.17) is 9.47 Å². The number of rotatable bonds is 12. The van der Waals surface area contributed by atoms with Gasteiger partial charge in [-0.1, -0.05) is 11.3 Å². The summed E-state index contributed by atoms with van der Waals surface area (Å²) >= 11 is 1.09. The minimum absolute atomic E-state index is 0.163. The van der Waals surface area contributed by atoms with Gasteiger partial charge in [0.1, 0.15) is 33.0 Å². The number of nitrogens with zero attached hydrogens (tertiary/aromatic N) is 5. The number of ether oxygens (including phenoxy) is 2. The molecule has 236 valence electrons. The van der Waals surface area contributed by atoms with Gasteiger partial charge in [0.25, 0.3) is 5.56 Å². The van der Waals surface area contributed by atoms with Crippen LogP contribution in [0.15, 0.2) is 40.2 Å². The molecule has 0 saturated carbocycles. The van der Waals surface area contributed by atoms with Gasteiger partial charge in [0.05, 0.1) is 44.0 Å². The zero-order chi connectivity index (χ0) is 32.5. The quantitative estimate of drug-likeness (QED) is 0.240. The van der Waals surface area contributed by atoms with Crippen molar-refractivity contribution in [2.24, 2.45) is 5.92 Å². The number of amides is 1. The second-order valence-electron chi connectivity index (χ2n) is 11.2. The second-order valence-corrected chi connectivity index (χ2v) is 12.2. The third kappa shape index (κ3) is 6.15. The number of halogens is 1. The number of methoxy groups -OCH3 is 1. The number of hydrogen-bond acceptors (Lipinski definition) is 9. The number of carbonyl (C=O) groups excluding carboxylic acids is 1. The van der Waals surface area contributed by atoms with Gasteiger partial charge in [-0.05, 0) is 59.7 Å². The standard InChI is InChI=1S/C29H35FN6O7S/c1-15(2)33-27(40)29(5,6)35-23(37)22-17(4)24(36-31-10-11-32-36)44-25(22)34(28(35)41)13-21(43-14-16(3)26(38)39)19-12-18(30)8-9-20(19)42-7/h8-12,15-16,21H,13-14H2,1-7H3,(H,33,40)(H,38,39)/t16-,21-/m0/s1. The van der Waals surface area contributed by atoms with E-state index in [2.05, 4.69) is 15.5 Å². The van der Waals surface area contributed by atoms with Gasteiger partial charge in [-0.2, -0.15) is 10.2 Å². The first kappa shape index (κ1) is 32.5. The van der Waals surface area contributed by atoms with E-state index >= 15 is 0 Å². The SMILES string of the molecule is COc1ccc(F)cc1[C@H](Cn1c(=O)n(C(C)(C)C(=O)NC(C)C)c(=O)c2c(C)c(-n3nccn3)sc21)OC[C@H](C)C(=O)O.